The summed E-state index contributed by atoms with van der Waals surface area (Å²) in [7, 11) is -3.03. The minimum atomic E-state index is -3.03. The molecule has 2 nitrogen and oxygen atoms in total. The lowest BCUT2D eigenvalue weighted by Crippen LogP contribution is -2.22. The van der Waals surface area contributed by atoms with E-state index in [1.54, 1.807) is 0 Å². The Morgan fingerprint density at radius 1 is 0.654 bits per heavy atom. The highest BCUT2D eigenvalue weighted by molar-refractivity contribution is 7.80. The van der Waals surface area contributed by atoms with Crippen molar-refractivity contribution in [2.45, 2.75) is 6.92 Å². The van der Waals surface area contributed by atoms with E-state index in [4.69, 9.17) is 0 Å². The predicted molar refractivity (Wildman–Crippen MR) is 112 cm³/mol. The Morgan fingerprint density at radius 3 is 1.81 bits per heavy atom. The van der Waals surface area contributed by atoms with E-state index < -0.39 is 7.29 Å². The van der Waals surface area contributed by atoms with Gasteiger partial charge in [0.1, 0.15) is 0 Å². The van der Waals surface area contributed by atoms with Gasteiger partial charge in [-0.1, -0.05) is 72.8 Å². The molecule has 1 N–H and O–H groups in total. The first-order valence-corrected chi connectivity index (χ1v) is 10.4. The van der Waals surface area contributed by atoms with E-state index in [9.17, 15) is 4.57 Å². The molecule has 0 spiro atoms. The number of fused-ring (bicyclic) bond motifs is 1. The topological polar surface area (TPSA) is 29.1 Å². The summed E-state index contributed by atoms with van der Waals surface area (Å²) in [4.78, 5) is 0. The fourth-order valence-corrected chi connectivity index (χ4v) is 5.59. The lowest BCUT2D eigenvalue weighted by Gasteiger charge is -2.24. The number of anilines is 1. The number of hydrogen-bond donors (Lipinski definition) is 1. The van der Waals surface area contributed by atoms with Crippen molar-refractivity contribution in [1.82, 2.24) is 0 Å². The van der Waals surface area contributed by atoms with Gasteiger partial charge in [0.2, 0.25) is 7.29 Å². The van der Waals surface area contributed by atoms with E-state index in [2.05, 4.69) is 36.3 Å². The number of benzene rings is 4. The SMILES string of the molecule is Cc1ccc2ccccc2c1NP(=O)(c1ccccc1)c1ccccc1. The quantitative estimate of drug-likeness (QED) is 0.489. The molecule has 0 saturated carbocycles. The molecule has 0 amide bonds. The molecule has 0 unspecified atom stereocenters. The number of aryl methyl sites for hydroxylation is 1. The average molecular weight is 357 g/mol. The van der Waals surface area contributed by atoms with Crippen LogP contribution in [-0.4, -0.2) is 0 Å². The third kappa shape index (κ3) is 2.94. The Bertz CT molecular complexity index is 1050. The fraction of sp³-hybridized carbons (Fsp3) is 0.0435. The molecule has 3 heteroatoms. The van der Waals surface area contributed by atoms with Gasteiger partial charge in [0.25, 0.3) is 0 Å². The first-order chi connectivity index (χ1) is 12.7. The van der Waals surface area contributed by atoms with Crippen LogP contribution in [0.5, 0.6) is 0 Å². The summed E-state index contributed by atoms with van der Waals surface area (Å²) in [5.41, 5.74) is 2.01. The van der Waals surface area contributed by atoms with Gasteiger partial charge in [-0.25, -0.2) is 0 Å². The van der Waals surface area contributed by atoms with Crippen LogP contribution in [0, 0.1) is 6.92 Å². The first kappa shape index (κ1) is 16.6. The van der Waals surface area contributed by atoms with Gasteiger partial charge < -0.3 is 5.09 Å². The van der Waals surface area contributed by atoms with E-state index in [1.807, 2.05) is 72.8 Å². The Balaban J connectivity index is 1.93. The molecule has 0 fully saturated rings. The van der Waals surface area contributed by atoms with Gasteiger partial charge in [-0.05, 0) is 42.1 Å². The third-order valence-corrected chi connectivity index (χ3v) is 7.24. The van der Waals surface area contributed by atoms with Crippen molar-refractivity contribution < 1.29 is 4.57 Å². The van der Waals surface area contributed by atoms with Crippen LogP contribution in [0.2, 0.25) is 0 Å². The second kappa shape index (κ2) is 6.82. The molecule has 0 aliphatic carbocycles. The normalized spacial score (nSPS) is 11.4. The standard InChI is InChI=1S/C23H20NOP/c1-18-16-17-19-10-8-9-15-22(19)23(18)24-26(25,20-11-4-2-5-12-20)21-13-6-3-7-14-21/h2-17H,1H3,(H,24,25). The van der Waals surface area contributed by atoms with Gasteiger partial charge in [0, 0.05) is 16.0 Å². The smallest absolute Gasteiger partial charge is 0.227 e. The number of rotatable bonds is 4. The predicted octanol–water partition coefficient (Wildman–Crippen LogP) is 5.49. The van der Waals surface area contributed by atoms with Crippen molar-refractivity contribution in [1.29, 1.82) is 0 Å². The minimum Gasteiger partial charge on any atom is -0.329 e. The molecular formula is C23H20NOP. The summed E-state index contributed by atoms with van der Waals surface area (Å²) in [5.74, 6) is 0. The van der Waals surface area contributed by atoms with E-state index in [1.165, 1.54) is 0 Å². The minimum absolute atomic E-state index is 0.804. The van der Waals surface area contributed by atoms with Crippen molar-refractivity contribution in [3.05, 3.63) is 103 Å². The molecule has 128 valence electrons. The highest BCUT2D eigenvalue weighted by atomic mass is 31.2. The molecule has 4 rings (SSSR count). The average Bonchev–Trinajstić information content (AvgIpc) is 2.71. The molecule has 0 bridgehead atoms. The Kier molecular flexibility index (Phi) is 4.36. The van der Waals surface area contributed by atoms with Crippen LogP contribution in [0.25, 0.3) is 10.8 Å². The zero-order valence-electron chi connectivity index (χ0n) is 14.6. The second-order valence-corrected chi connectivity index (χ2v) is 8.85. The second-order valence-electron chi connectivity index (χ2n) is 6.37. The molecule has 0 atom stereocenters. The van der Waals surface area contributed by atoms with Crippen molar-refractivity contribution in [3.63, 3.8) is 0 Å². The van der Waals surface area contributed by atoms with Crippen molar-refractivity contribution in [2.24, 2.45) is 0 Å². The maximum Gasteiger partial charge on any atom is 0.227 e. The molecule has 4 aromatic carbocycles. The summed E-state index contributed by atoms with van der Waals surface area (Å²) in [6.45, 7) is 2.05. The molecule has 0 aromatic heterocycles. The fourth-order valence-electron chi connectivity index (χ4n) is 3.24. The van der Waals surface area contributed by atoms with Gasteiger partial charge in [-0.2, -0.15) is 0 Å². The summed E-state index contributed by atoms with van der Waals surface area (Å²) in [6, 6.07) is 31.7. The van der Waals surface area contributed by atoms with Gasteiger partial charge in [0.05, 0.1) is 5.69 Å². The maximum absolute atomic E-state index is 14.3. The zero-order chi connectivity index (χ0) is 18.0. The van der Waals surface area contributed by atoms with Gasteiger partial charge in [0.15, 0.2) is 0 Å². The number of nitrogens with one attached hydrogen (secondary N) is 1. The molecule has 0 heterocycles. The molecule has 0 aliphatic heterocycles. The van der Waals surface area contributed by atoms with Crippen molar-refractivity contribution >= 4 is 34.4 Å². The van der Waals surface area contributed by atoms with Crippen LogP contribution >= 0.6 is 7.29 Å². The highest BCUT2D eigenvalue weighted by Crippen LogP contribution is 2.45. The van der Waals surface area contributed by atoms with Gasteiger partial charge in [-0.15, -0.1) is 0 Å². The molecule has 0 aliphatic rings. The Labute approximate surface area is 153 Å². The van der Waals surface area contributed by atoms with E-state index >= 15 is 0 Å². The van der Waals surface area contributed by atoms with Crippen LogP contribution < -0.4 is 15.7 Å². The molecule has 4 aromatic rings. The largest absolute Gasteiger partial charge is 0.329 e. The van der Waals surface area contributed by atoms with Crippen LogP contribution in [0.1, 0.15) is 5.56 Å². The van der Waals surface area contributed by atoms with Crippen LogP contribution in [0.3, 0.4) is 0 Å². The summed E-state index contributed by atoms with van der Waals surface area (Å²) >= 11 is 0. The van der Waals surface area contributed by atoms with Crippen LogP contribution in [-0.2, 0) is 4.57 Å². The monoisotopic (exact) mass is 357 g/mol. The van der Waals surface area contributed by atoms with E-state index in [0.717, 1.165) is 32.6 Å². The van der Waals surface area contributed by atoms with Crippen LogP contribution in [0.4, 0.5) is 5.69 Å². The van der Waals surface area contributed by atoms with Gasteiger partial charge >= 0.3 is 0 Å². The lowest BCUT2D eigenvalue weighted by atomic mass is 10.1. The third-order valence-electron chi connectivity index (χ3n) is 4.65. The highest BCUT2D eigenvalue weighted by Gasteiger charge is 2.28. The maximum atomic E-state index is 14.3. The summed E-state index contributed by atoms with van der Waals surface area (Å²) in [5, 5.41) is 7.28. The van der Waals surface area contributed by atoms with Gasteiger partial charge in [-0.3, -0.25) is 4.57 Å². The van der Waals surface area contributed by atoms with E-state index in [0.29, 0.717) is 0 Å². The Hall–Kier alpha value is -2.83. The van der Waals surface area contributed by atoms with E-state index in [-0.39, 0.29) is 0 Å². The molecule has 0 radical (unpaired) electrons. The first-order valence-electron chi connectivity index (χ1n) is 8.66. The molecule has 0 saturated heterocycles. The zero-order valence-corrected chi connectivity index (χ0v) is 15.5. The van der Waals surface area contributed by atoms with Crippen molar-refractivity contribution in [3.8, 4) is 0 Å². The van der Waals surface area contributed by atoms with Crippen molar-refractivity contribution in [2.75, 3.05) is 5.09 Å². The summed E-state index contributed by atoms with van der Waals surface area (Å²) in [6.07, 6.45) is 0. The summed E-state index contributed by atoms with van der Waals surface area (Å²) < 4.78 is 14.3. The molecular weight excluding hydrogens is 337 g/mol. The lowest BCUT2D eigenvalue weighted by molar-refractivity contribution is 0.590. The Morgan fingerprint density at radius 2 is 1.19 bits per heavy atom. The van der Waals surface area contributed by atoms with Crippen LogP contribution in [0.15, 0.2) is 97.1 Å². The molecule has 26 heavy (non-hydrogen) atoms. The number of hydrogen-bond acceptors (Lipinski definition) is 1.